The summed E-state index contributed by atoms with van der Waals surface area (Å²) in [5, 5.41) is 18.8. The SMILES string of the molecule is COCCNC(=O)Cn1cc(CC(N)C(=O)O)nn1. The van der Waals surface area contributed by atoms with E-state index in [0.717, 1.165) is 0 Å². The molecule has 0 fully saturated rings. The van der Waals surface area contributed by atoms with Crippen molar-refractivity contribution < 1.29 is 19.4 Å². The monoisotopic (exact) mass is 271 g/mol. The minimum absolute atomic E-state index is 0.0129. The largest absolute Gasteiger partial charge is 0.480 e. The van der Waals surface area contributed by atoms with Gasteiger partial charge in [-0.25, -0.2) is 4.68 Å². The molecule has 0 aliphatic rings. The molecule has 0 saturated heterocycles. The van der Waals surface area contributed by atoms with Crippen LogP contribution in [0.2, 0.25) is 0 Å². The van der Waals surface area contributed by atoms with Gasteiger partial charge in [-0.15, -0.1) is 5.10 Å². The van der Waals surface area contributed by atoms with Crippen LogP contribution in [-0.4, -0.2) is 58.3 Å². The molecule has 1 aromatic heterocycles. The van der Waals surface area contributed by atoms with Crippen LogP contribution in [0.1, 0.15) is 5.69 Å². The molecule has 0 bridgehead atoms. The van der Waals surface area contributed by atoms with E-state index in [1.54, 1.807) is 7.11 Å². The van der Waals surface area contributed by atoms with E-state index in [-0.39, 0.29) is 18.9 Å². The number of carbonyl (C=O) groups excluding carboxylic acids is 1. The summed E-state index contributed by atoms with van der Waals surface area (Å²) in [6, 6.07) is -1.03. The van der Waals surface area contributed by atoms with Crippen molar-refractivity contribution in [3.05, 3.63) is 11.9 Å². The van der Waals surface area contributed by atoms with Crippen LogP contribution < -0.4 is 11.1 Å². The summed E-state index contributed by atoms with van der Waals surface area (Å²) in [5.74, 6) is -1.33. The van der Waals surface area contributed by atoms with Crippen molar-refractivity contribution in [1.82, 2.24) is 20.3 Å². The molecule has 0 aliphatic carbocycles. The summed E-state index contributed by atoms with van der Waals surface area (Å²) >= 11 is 0. The number of hydrogen-bond donors (Lipinski definition) is 3. The van der Waals surface area contributed by atoms with E-state index < -0.39 is 12.0 Å². The number of rotatable bonds is 8. The van der Waals surface area contributed by atoms with Crippen LogP contribution in [0.25, 0.3) is 0 Å². The van der Waals surface area contributed by atoms with Gasteiger partial charge in [0.2, 0.25) is 5.91 Å². The number of nitrogens with two attached hydrogens (primary N) is 1. The molecule has 1 heterocycles. The number of carboxylic acid groups (broad SMARTS) is 1. The molecular formula is C10H17N5O4. The van der Waals surface area contributed by atoms with E-state index in [2.05, 4.69) is 15.6 Å². The average molecular weight is 271 g/mol. The molecule has 0 aliphatic heterocycles. The lowest BCUT2D eigenvalue weighted by molar-refractivity contribution is -0.138. The molecule has 9 heteroatoms. The highest BCUT2D eigenvalue weighted by Gasteiger charge is 2.14. The zero-order valence-electron chi connectivity index (χ0n) is 10.6. The number of amides is 1. The highest BCUT2D eigenvalue weighted by molar-refractivity contribution is 5.75. The van der Waals surface area contributed by atoms with E-state index >= 15 is 0 Å². The molecule has 106 valence electrons. The Hall–Kier alpha value is -2.00. The van der Waals surface area contributed by atoms with Gasteiger partial charge in [0.15, 0.2) is 0 Å². The fourth-order valence-corrected chi connectivity index (χ4v) is 1.32. The molecule has 19 heavy (non-hydrogen) atoms. The Morgan fingerprint density at radius 3 is 3.00 bits per heavy atom. The summed E-state index contributed by atoms with van der Waals surface area (Å²) in [7, 11) is 1.54. The summed E-state index contributed by atoms with van der Waals surface area (Å²) in [4.78, 5) is 22.0. The van der Waals surface area contributed by atoms with E-state index in [1.165, 1.54) is 10.9 Å². The zero-order chi connectivity index (χ0) is 14.3. The number of nitrogens with zero attached hydrogens (tertiary/aromatic N) is 3. The van der Waals surface area contributed by atoms with Crippen LogP contribution in [-0.2, 0) is 27.3 Å². The van der Waals surface area contributed by atoms with Gasteiger partial charge in [0.1, 0.15) is 12.6 Å². The van der Waals surface area contributed by atoms with E-state index in [9.17, 15) is 9.59 Å². The second kappa shape index (κ2) is 7.44. The number of aromatic nitrogens is 3. The second-order valence-electron chi connectivity index (χ2n) is 3.90. The highest BCUT2D eigenvalue weighted by Crippen LogP contribution is 1.97. The molecular weight excluding hydrogens is 254 g/mol. The summed E-state index contributed by atoms with van der Waals surface area (Å²) < 4.78 is 6.12. The molecule has 0 aromatic carbocycles. The van der Waals surface area contributed by atoms with Crippen LogP contribution in [0.5, 0.6) is 0 Å². The van der Waals surface area contributed by atoms with Crippen LogP contribution in [0.4, 0.5) is 0 Å². The first-order valence-corrected chi connectivity index (χ1v) is 5.66. The third-order valence-corrected chi connectivity index (χ3v) is 2.27. The van der Waals surface area contributed by atoms with Crippen molar-refractivity contribution in [2.75, 3.05) is 20.3 Å². The maximum absolute atomic E-state index is 11.5. The van der Waals surface area contributed by atoms with Gasteiger partial charge in [0.05, 0.1) is 12.3 Å². The lowest BCUT2D eigenvalue weighted by Gasteiger charge is -2.03. The summed E-state index contributed by atoms with van der Waals surface area (Å²) in [6.45, 7) is 0.863. The molecule has 0 radical (unpaired) electrons. The van der Waals surface area contributed by atoms with Crippen LogP contribution in [0.3, 0.4) is 0 Å². The third kappa shape index (κ3) is 5.44. The molecule has 1 unspecified atom stereocenters. The fraction of sp³-hybridized carbons (Fsp3) is 0.600. The van der Waals surface area contributed by atoms with Crippen LogP contribution in [0, 0.1) is 0 Å². The third-order valence-electron chi connectivity index (χ3n) is 2.27. The predicted octanol–water partition coefficient (Wildman–Crippen LogP) is -2.00. The van der Waals surface area contributed by atoms with E-state index in [4.69, 9.17) is 15.6 Å². The molecule has 9 nitrogen and oxygen atoms in total. The number of ether oxygens (including phenoxy) is 1. The number of carboxylic acids is 1. The number of carbonyl (C=O) groups is 2. The second-order valence-corrected chi connectivity index (χ2v) is 3.90. The molecule has 0 saturated carbocycles. The van der Waals surface area contributed by atoms with Crippen molar-refractivity contribution in [3.63, 3.8) is 0 Å². The Kier molecular flexibility index (Phi) is 5.90. The molecule has 0 spiro atoms. The highest BCUT2D eigenvalue weighted by atomic mass is 16.5. The lowest BCUT2D eigenvalue weighted by atomic mass is 10.2. The molecule has 1 atom stereocenters. The van der Waals surface area contributed by atoms with Gasteiger partial charge in [0.25, 0.3) is 0 Å². The van der Waals surface area contributed by atoms with Gasteiger partial charge in [0, 0.05) is 26.3 Å². The van der Waals surface area contributed by atoms with Crippen LogP contribution in [0.15, 0.2) is 6.20 Å². The van der Waals surface area contributed by atoms with E-state index in [0.29, 0.717) is 18.8 Å². The maximum Gasteiger partial charge on any atom is 0.320 e. The van der Waals surface area contributed by atoms with Gasteiger partial charge in [-0.3, -0.25) is 9.59 Å². The number of aliphatic carboxylic acids is 1. The van der Waals surface area contributed by atoms with E-state index in [1.807, 2.05) is 0 Å². The first kappa shape index (κ1) is 15.1. The van der Waals surface area contributed by atoms with Crippen molar-refractivity contribution >= 4 is 11.9 Å². The summed E-state index contributed by atoms with van der Waals surface area (Å²) in [6.07, 6.45) is 1.57. The Bertz CT molecular complexity index is 433. The van der Waals surface area contributed by atoms with Crippen molar-refractivity contribution in [2.45, 2.75) is 19.0 Å². The average Bonchev–Trinajstić information content (AvgIpc) is 2.76. The Morgan fingerprint density at radius 2 is 2.37 bits per heavy atom. The summed E-state index contributed by atoms with van der Waals surface area (Å²) in [5.41, 5.74) is 5.80. The quantitative estimate of drug-likeness (QED) is 0.465. The Balaban J connectivity index is 2.42. The molecule has 1 aromatic rings. The fourth-order valence-electron chi connectivity index (χ4n) is 1.32. The van der Waals surface area contributed by atoms with Crippen molar-refractivity contribution in [1.29, 1.82) is 0 Å². The van der Waals surface area contributed by atoms with Crippen LogP contribution >= 0.6 is 0 Å². The van der Waals surface area contributed by atoms with Gasteiger partial charge in [-0.1, -0.05) is 5.21 Å². The molecule has 4 N–H and O–H groups in total. The van der Waals surface area contributed by atoms with Crippen molar-refractivity contribution in [2.24, 2.45) is 5.73 Å². The first-order valence-electron chi connectivity index (χ1n) is 5.66. The first-order chi connectivity index (χ1) is 9.02. The minimum atomic E-state index is -1.10. The Labute approximate surface area is 109 Å². The lowest BCUT2D eigenvalue weighted by Crippen LogP contribution is -2.32. The molecule has 1 amide bonds. The van der Waals surface area contributed by atoms with Gasteiger partial charge in [-0.05, 0) is 0 Å². The number of hydrogen-bond acceptors (Lipinski definition) is 6. The van der Waals surface area contributed by atoms with Gasteiger partial charge in [-0.2, -0.15) is 0 Å². The smallest absolute Gasteiger partial charge is 0.320 e. The Morgan fingerprint density at radius 1 is 1.63 bits per heavy atom. The number of nitrogens with one attached hydrogen (secondary N) is 1. The standard InChI is InChI=1S/C10H17N5O4/c1-19-3-2-12-9(16)6-15-5-7(13-14-15)4-8(11)10(17)18/h5,8H,2-4,6,11H2,1H3,(H,12,16)(H,17,18). The normalized spacial score (nSPS) is 12.1. The van der Waals surface area contributed by atoms with Gasteiger partial charge < -0.3 is 20.9 Å². The van der Waals surface area contributed by atoms with Gasteiger partial charge >= 0.3 is 5.97 Å². The molecule has 1 rings (SSSR count). The predicted molar refractivity (Wildman–Crippen MR) is 64.2 cm³/mol. The topological polar surface area (TPSA) is 132 Å². The zero-order valence-corrected chi connectivity index (χ0v) is 10.6. The maximum atomic E-state index is 11.5. The number of methoxy groups -OCH3 is 1. The van der Waals surface area contributed by atoms with Crippen molar-refractivity contribution in [3.8, 4) is 0 Å². The minimum Gasteiger partial charge on any atom is -0.480 e.